The lowest BCUT2D eigenvalue weighted by Gasteiger charge is -2.13. The zero-order valence-electron chi connectivity index (χ0n) is 11.4. The maximum atomic E-state index is 11.7. The second-order valence-electron chi connectivity index (χ2n) is 4.54. The number of hydrogen-bond donors (Lipinski definition) is 0. The normalized spacial score (nSPS) is 10.4. The van der Waals surface area contributed by atoms with Crippen molar-refractivity contribution in [2.24, 2.45) is 0 Å². The third kappa shape index (κ3) is 3.44. The molecule has 0 atom stereocenters. The van der Waals surface area contributed by atoms with Crippen LogP contribution >= 0.6 is 0 Å². The molecule has 2 aromatic rings. The number of rotatable bonds is 5. The molecule has 0 saturated heterocycles. The Balaban J connectivity index is 1.97. The SMILES string of the molecule is CCN(C)C(=O)CCc1cnn(-c2ccccc2)c1. The summed E-state index contributed by atoms with van der Waals surface area (Å²) in [6, 6.07) is 9.96. The van der Waals surface area contributed by atoms with Gasteiger partial charge < -0.3 is 4.90 Å². The van der Waals surface area contributed by atoms with Crippen LogP contribution in [0.5, 0.6) is 0 Å². The van der Waals surface area contributed by atoms with Crippen molar-refractivity contribution in [1.82, 2.24) is 14.7 Å². The third-order valence-corrected chi connectivity index (χ3v) is 3.18. The molecule has 4 nitrogen and oxygen atoms in total. The summed E-state index contributed by atoms with van der Waals surface area (Å²) in [6.07, 6.45) is 5.07. The van der Waals surface area contributed by atoms with Gasteiger partial charge in [-0.3, -0.25) is 4.79 Å². The number of amides is 1. The topological polar surface area (TPSA) is 38.1 Å². The standard InChI is InChI=1S/C15H19N3O/c1-3-17(2)15(19)10-9-13-11-16-18(12-13)14-7-5-4-6-8-14/h4-8,11-12H,3,9-10H2,1-2H3. The Morgan fingerprint density at radius 3 is 2.74 bits per heavy atom. The second kappa shape index (κ2) is 6.18. The molecule has 0 aliphatic rings. The summed E-state index contributed by atoms with van der Waals surface area (Å²) >= 11 is 0. The van der Waals surface area contributed by atoms with Gasteiger partial charge in [-0.25, -0.2) is 4.68 Å². The van der Waals surface area contributed by atoms with Gasteiger partial charge in [0, 0.05) is 26.2 Å². The molecule has 4 heteroatoms. The van der Waals surface area contributed by atoms with Gasteiger partial charge in [0.2, 0.25) is 5.91 Å². The molecule has 1 heterocycles. The minimum atomic E-state index is 0.176. The molecule has 0 bridgehead atoms. The molecule has 0 saturated carbocycles. The first-order chi connectivity index (χ1) is 9.20. The van der Waals surface area contributed by atoms with E-state index in [4.69, 9.17) is 0 Å². The van der Waals surface area contributed by atoms with Gasteiger partial charge in [0.05, 0.1) is 11.9 Å². The van der Waals surface area contributed by atoms with E-state index in [9.17, 15) is 4.79 Å². The van der Waals surface area contributed by atoms with E-state index in [2.05, 4.69) is 5.10 Å². The largest absolute Gasteiger partial charge is 0.346 e. The molecule has 1 aromatic carbocycles. The molecule has 2 rings (SSSR count). The molecular weight excluding hydrogens is 238 g/mol. The van der Waals surface area contributed by atoms with Crippen LogP contribution in [-0.2, 0) is 11.2 Å². The highest BCUT2D eigenvalue weighted by Gasteiger charge is 2.08. The molecule has 1 aromatic heterocycles. The van der Waals surface area contributed by atoms with Gasteiger partial charge in [0.25, 0.3) is 0 Å². The number of aryl methyl sites for hydroxylation is 1. The summed E-state index contributed by atoms with van der Waals surface area (Å²) in [5, 5.41) is 4.32. The lowest BCUT2D eigenvalue weighted by Crippen LogP contribution is -2.26. The maximum Gasteiger partial charge on any atom is 0.222 e. The average Bonchev–Trinajstić information content (AvgIpc) is 2.93. The molecule has 19 heavy (non-hydrogen) atoms. The molecule has 0 aliphatic carbocycles. The first-order valence-electron chi connectivity index (χ1n) is 6.53. The van der Waals surface area contributed by atoms with Gasteiger partial charge in [-0.05, 0) is 31.0 Å². The van der Waals surface area contributed by atoms with Crippen LogP contribution in [-0.4, -0.2) is 34.2 Å². The first-order valence-corrected chi connectivity index (χ1v) is 6.53. The highest BCUT2D eigenvalue weighted by atomic mass is 16.2. The summed E-state index contributed by atoms with van der Waals surface area (Å²) < 4.78 is 1.84. The summed E-state index contributed by atoms with van der Waals surface area (Å²) in [5.41, 5.74) is 2.12. The van der Waals surface area contributed by atoms with Crippen LogP contribution in [0.1, 0.15) is 18.9 Å². The second-order valence-corrected chi connectivity index (χ2v) is 4.54. The van der Waals surface area contributed by atoms with E-state index in [-0.39, 0.29) is 5.91 Å². The van der Waals surface area contributed by atoms with Crippen molar-refractivity contribution in [2.75, 3.05) is 13.6 Å². The predicted molar refractivity (Wildman–Crippen MR) is 75.2 cm³/mol. The van der Waals surface area contributed by atoms with Crippen molar-refractivity contribution in [1.29, 1.82) is 0 Å². The van der Waals surface area contributed by atoms with Crippen molar-refractivity contribution in [3.05, 3.63) is 48.3 Å². The van der Waals surface area contributed by atoms with E-state index >= 15 is 0 Å². The van der Waals surface area contributed by atoms with Crippen LogP contribution in [0.3, 0.4) is 0 Å². The van der Waals surface area contributed by atoms with E-state index in [1.807, 2.05) is 61.4 Å². The number of carbonyl (C=O) groups excluding carboxylic acids is 1. The molecule has 0 fully saturated rings. The van der Waals surface area contributed by atoms with Crippen molar-refractivity contribution < 1.29 is 4.79 Å². The van der Waals surface area contributed by atoms with Crippen molar-refractivity contribution in [3.8, 4) is 5.69 Å². The quantitative estimate of drug-likeness (QED) is 0.824. The number of benzene rings is 1. The zero-order chi connectivity index (χ0) is 13.7. The highest BCUT2D eigenvalue weighted by Crippen LogP contribution is 2.09. The number of carbonyl (C=O) groups is 1. The van der Waals surface area contributed by atoms with Crippen LogP contribution < -0.4 is 0 Å². The molecular formula is C15H19N3O. The molecule has 0 N–H and O–H groups in total. The Bertz CT molecular complexity index is 533. The van der Waals surface area contributed by atoms with E-state index in [1.54, 1.807) is 4.90 Å². The highest BCUT2D eigenvalue weighted by molar-refractivity contribution is 5.76. The fourth-order valence-electron chi connectivity index (χ4n) is 1.83. The van der Waals surface area contributed by atoms with E-state index in [0.717, 1.165) is 24.2 Å². The summed E-state index contributed by atoms with van der Waals surface area (Å²) in [7, 11) is 1.83. The van der Waals surface area contributed by atoms with E-state index in [1.165, 1.54) is 0 Å². The van der Waals surface area contributed by atoms with E-state index < -0.39 is 0 Å². The lowest BCUT2D eigenvalue weighted by molar-refractivity contribution is -0.129. The van der Waals surface area contributed by atoms with Crippen molar-refractivity contribution >= 4 is 5.91 Å². The monoisotopic (exact) mass is 257 g/mol. The first kappa shape index (κ1) is 13.3. The molecule has 0 spiro atoms. The van der Waals surface area contributed by atoms with Gasteiger partial charge in [-0.15, -0.1) is 0 Å². The smallest absolute Gasteiger partial charge is 0.222 e. The lowest BCUT2D eigenvalue weighted by atomic mass is 10.2. The zero-order valence-corrected chi connectivity index (χ0v) is 11.4. The predicted octanol–water partition coefficient (Wildman–Crippen LogP) is 2.28. The van der Waals surface area contributed by atoms with Crippen LogP contribution in [0, 0.1) is 0 Å². The minimum Gasteiger partial charge on any atom is -0.346 e. The summed E-state index contributed by atoms with van der Waals surface area (Å²) in [4.78, 5) is 13.5. The van der Waals surface area contributed by atoms with Crippen LogP contribution in [0.15, 0.2) is 42.7 Å². The van der Waals surface area contributed by atoms with Crippen LogP contribution in [0.25, 0.3) is 5.69 Å². The fourth-order valence-corrected chi connectivity index (χ4v) is 1.83. The van der Waals surface area contributed by atoms with Gasteiger partial charge >= 0.3 is 0 Å². The molecule has 0 aliphatic heterocycles. The Kier molecular flexibility index (Phi) is 4.34. The molecule has 0 unspecified atom stereocenters. The van der Waals surface area contributed by atoms with Crippen molar-refractivity contribution in [2.45, 2.75) is 19.8 Å². The maximum absolute atomic E-state index is 11.7. The minimum absolute atomic E-state index is 0.176. The Hall–Kier alpha value is -2.10. The van der Waals surface area contributed by atoms with Gasteiger partial charge in [-0.1, -0.05) is 18.2 Å². The molecule has 0 radical (unpaired) electrons. The van der Waals surface area contributed by atoms with Crippen LogP contribution in [0.4, 0.5) is 0 Å². The Labute approximate surface area is 113 Å². The van der Waals surface area contributed by atoms with Gasteiger partial charge in [-0.2, -0.15) is 5.10 Å². The molecule has 100 valence electrons. The Morgan fingerprint density at radius 1 is 1.32 bits per heavy atom. The average molecular weight is 257 g/mol. The number of aromatic nitrogens is 2. The van der Waals surface area contributed by atoms with Crippen molar-refractivity contribution in [3.63, 3.8) is 0 Å². The number of para-hydroxylation sites is 1. The van der Waals surface area contributed by atoms with Gasteiger partial charge in [0.15, 0.2) is 0 Å². The Morgan fingerprint density at radius 2 is 2.05 bits per heavy atom. The number of hydrogen-bond acceptors (Lipinski definition) is 2. The summed E-state index contributed by atoms with van der Waals surface area (Å²) in [5.74, 6) is 0.176. The summed E-state index contributed by atoms with van der Waals surface area (Å²) in [6.45, 7) is 2.73. The fraction of sp³-hybridized carbons (Fsp3) is 0.333. The van der Waals surface area contributed by atoms with Crippen LogP contribution in [0.2, 0.25) is 0 Å². The van der Waals surface area contributed by atoms with Gasteiger partial charge in [0.1, 0.15) is 0 Å². The number of nitrogens with zero attached hydrogens (tertiary/aromatic N) is 3. The molecule has 1 amide bonds. The third-order valence-electron chi connectivity index (χ3n) is 3.18. The van der Waals surface area contributed by atoms with E-state index in [0.29, 0.717) is 6.42 Å².